The summed E-state index contributed by atoms with van der Waals surface area (Å²) in [5, 5.41) is 30.3. The molecule has 0 fully saturated rings. The number of nitrogens with two attached hydrogens (primary N) is 1. The Kier molecular flexibility index (Phi) is 15.3. The van der Waals surface area contributed by atoms with Crippen molar-refractivity contribution in [2.75, 3.05) is 18.8 Å². The molecule has 46 heavy (non-hydrogen) atoms. The van der Waals surface area contributed by atoms with Crippen LogP contribution in [0.5, 0.6) is 0 Å². The number of carboxylic acid groups (broad SMARTS) is 1. The third-order valence-corrected chi connectivity index (χ3v) is 7.25. The number of rotatable bonds is 14. The number of nitro benzene ring substituents is 1. The Morgan fingerprint density at radius 1 is 1.13 bits per heavy atom. The van der Waals surface area contributed by atoms with Crippen molar-refractivity contribution in [3.63, 3.8) is 0 Å². The maximum absolute atomic E-state index is 13.4. The average molecular weight is 662 g/mol. The van der Waals surface area contributed by atoms with Gasteiger partial charge in [0.15, 0.2) is 6.11 Å². The van der Waals surface area contributed by atoms with E-state index in [1.165, 1.54) is 6.07 Å². The third kappa shape index (κ3) is 12.7. The van der Waals surface area contributed by atoms with Crippen LogP contribution in [0.1, 0.15) is 42.5 Å². The van der Waals surface area contributed by atoms with Gasteiger partial charge < -0.3 is 32.1 Å². The highest BCUT2D eigenvalue weighted by Gasteiger charge is 2.32. The van der Waals surface area contributed by atoms with E-state index >= 15 is 0 Å². The Hall–Kier alpha value is -5.37. The molecule has 3 atom stereocenters. The number of carbonyl (C=O) groups excluding carboxylic acids is 5. The zero-order chi connectivity index (χ0) is 34.1. The fourth-order valence-corrected chi connectivity index (χ4v) is 4.91. The number of hydroxylamine groups is 1. The average Bonchev–Trinajstić information content (AvgIpc) is 3.01. The number of fused-ring (bicyclic) bond motifs is 1. The van der Waals surface area contributed by atoms with Crippen molar-refractivity contribution in [3.8, 4) is 24.4 Å². The molecule has 0 radical (unpaired) electrons. The second kappa shape index (κ2) is 19.1. The Bertz CT molecular complexity index is 1440. The van der Waals surface area contributed by atoms with Crippen LogP contribution in [0.25, 0.3) is 0 Å². The van der Waals surface area contributed by atoms with E-state index in [-0.39, 0.29) is 35.6 Å². The van der Waals surface area contributed by atoms with Crippen LogP contribution in [0.3, 0.4) is 0 Å². The maximum atomic E-state index is 13.4. The molecule has 0 saturated carbocycles. The van der Waals surface area contributed by atoms with E-state index in [9.17, 15) is 44.0 Å². The quantitative estimate of drug-likeness (QED) is 0.0392. The molecule has 8 N–H and O–H groups in total. The molecule has 1 aromatic carbocycles. The number of thioether (sulfide) groups is 1. The topological polar surface area (TPSA) is 270 Å². The van der Waals surface area contributed by atoms with E-state index in [2.05, 4.69) is 48.7 Å². The monoisotopic (exact) mass is 661 g/mol. The van der Waals surface area contributed by atoms with Gasteiger partial charge in [0.25, 0.3) is 11.6 Å². The van der Waals surface area contributed by atoms with Crippen LogP contribution in [0, 0.1) is 34.5 Å². The molecule has 18 nitrogen and oxygen atoms in total. The van der Waals surface area contributed by atoms with Gasteiger partial charge >= 0.3 is 5.97 Å². The number of nitrogens with one attached hydrogen (secondary N) is 5. The summed E-state index contributed by atoms with van der Waals surface area (Å²) < 4.78 is 0. The first-order valence-corrected chi connectivity index (χ1v) is 14.5. The molecule has 0 spiro atoms. The minimum absolute atomic E-state index is 0.0196. The number of terminal acetylenes is 1. The molecule has 2 unspecified atom stereocenters. The number of carboxylic acids is 1. The highest BCUT2D eigenvalue weighted by Crippen LogP contribution is 2.28. The zero-order valence-corrected chi connectivity index (χ0v) is 25.0. The number of primary amides is 1. The van der Waals surface area contributed by atoms with Crippen molar-refractivity contribution in [2.45, 2.75) is 55.1 Å². The van der Waals surface area contributed by atoms with Crippen molar-refractivity contribution in [1.29, 1.82) is 0 Å². The largest absolute Gasteiger partial charge is 0.481 e. The molecule has 5 amide bonds. The number of nitro groups is 1. The molecule has 0 aliphatic carbocycles. The number of hydrogen-bond donors (Lipinski definition) is 7. The molecule has 1 heterocycles. The summed E-state index contributed by atoms with van der Waals surface area (Å²) in [5.41, 5.74) is 6.90. The zero-order valence-electron chi connectivity index (χ0n) is 24.2. The molecule has 0 aromatic heterocycles. The van der Waals surface area contributed by atoms with Gasteiger partial charge in [-0.25, -0.2) is 0 Å². The van der Waals surface area contributed by atoms with Gasteiger partial charge in [0, 0.05) is 41.7 Å². The lowest BCUT2D eigenvalue weighted by atomic mass is 10.1. The minimum Gasteiger partial charge on any atom is -0.481 e. The highest BCUT2D eigenvalue weighted by atomic mass is 32.2. The minimum atomic E-state index is -1.46. The summed E-state index contributed by atoms with van der Waals surface area (Å²) in [6, 6.07) is -0.685. The first-order valence-electron chi connectivity index (χ1n) is 13.5. The number of amides is 5. The summed E-state index contributed by atoms with van der Waals surface area (Å²) >= 11 is 0.892. The summed E-state index contributed by atoms with van der Waals surface area (Å²) in [4.78, 5) is 95.5. The predicted octanol–water partition coefficient (Wildman–Crippen LogP) is -1.55. The molecule has 1 aliphatic heterocycles. The Labute approximate surface area is 266 Å². The third-order valence-electron chi connectivity index (χ3n) is 6.08. The lowest BCUT2D eigenvalue weighted by molar-refractivity contribution is -0.384. The van der Waals surface area contributed by atoms with Gasteiger partial charge in [-0.05, 0) is 37.7 Å². The fraction of sp³-hybridized carbons (Fsp3) is 0.407. The van der Waals surface area contributed by atoms with Crippen LogP contribution in [-0.4, -0.2) is 82.5 Å². The smallest absolute Gasteiger partial charge is 0.303 e. The molecule has 19 heteroatoms. The molecule has 246 valence electrons. The Morgan fingerprint density at radius 3 is 2.52 bits per heavy atom. The van der Waals surface area contributed by atoms with Crippen LogP contribution < -0.4 is 32.5 Å². The second-order valence-corrected chi connectivity index (χ2v) is 10.5. The molecule has 1 aliphatic rings. The van der Waals surface area contributed by atoms with E-state index in [1.807, 2.05) is 5.92 Å². The van der Waals surface area contributed by atoms with Gasteiger partial charge in [0.05, 0.1) is 17.0 Å². The van der Waals surface area contributed by atoms with Crippen molar-refractivity contribution in [3.05, 3.63) is 33.9 Å². The summed E-state index contributed by atoms with van der Waals surface area (Å²) in [7, 11) is 0. The molecule has 2 rings (SSSR count). The van der Waals surface area contributed by atoms with Crippen LogP contribution in [0.4, 0.5) is 5.69 Å². The van der Waals surface area contributed by atoms with Crippen molar-refractivity contribution in [2.24, 2.45) is 5.73 Å². The second-order valence-electron chi connectivity index (χ2n) is 9.44. The van der Waals surface area contributed by atoms with Crippen LogP contribution in [0.15, 0.2) is 23.1 Å². The summed E-state index contributed by atoms with van der Waals surface area (Å²) in [6.07, 6.45) is 6.81. The molecule has 1 aromatic rings. The number of aliphatic carboxylic acids is 1. The fourth-order valence-electron chi connectivity index (χ4n) is 3.86. The van der Waals surface area contributed by atoms with Crippen LogP contribution in [0.2, 0.25) is 0 Å². The number of hydrogen-bond acceptors (Lipinski definition) is 12. The van der Waals surface area contributed by atoms with Gasteiger partial charge in [-0.2, -0.15) is 5.48 Å². The predicted molar refractivity (Wildman–Crippen MR) is 159 cm³/mol. The van der Waals surface area contributed by atoms with Gasteiger partial charge in [-0.15, -0.1) is 18.2 Å². The molecule has 0 bridgehead atoms. The van der Waals surface area contributed by atoms with Crippen molar-refractivity contribution < 1.29 is 48.7 Å². The van der Waals surface area contributed by atoms with E-state index < -0.39 is 77.2 Å². The lowest BCUT2D eigenvalue weighted by Crippen LogP contribution is -2.57. The summed E-state index contributed by atoms with van der Waals surface area (Å²) in [5.74, 6) is -1.59. The van der Waals surface area contributed by atoms with Crippen molar-refractivity contribution >= 4 is 53.0 Å². The number of non-ortho nitro benzene ring substituents is 1. The SMILES string of the molecule is C#CC#COONCCCCC1NC(=O)C(CCC(=O)O)NC(=O)c2cc([N+](=O)[O-])ccc2SC[C@@H](C(=O)NCC(N)=O)NC1=O. The van der Waals surface area contributed by atoms with E-state index in [4.69, 9.17) is 12.2 Å². The first kappa shape index (κ1) is 36.8. The maximum Gasteiger partial charge on any atom is 0.303 e. The summed E-state index contributed by atoms with van der Waals surface area (Å²) in [6.45, 7) is -0.323. The standard InChI is InChI=1S/C27H31N7O11S/c1-2-3-12-44-45-30-11-5-4-6-18-26(40)33-20(25(39)29-14-22(28)35)15-46-21-9-7-16(34(42)43)13-17(21)24(38)31-19(27(41)32-18)8-10-23(36)37/h1,7,9,13,18-20,30H,4-6,8,10-11,14-15H2,(H2,28,35)(H,29,39)(H,31,38)(H,32,41)(H,33,40)(H,36,37)/t18?,19?,20-/m0/s1. The van der Waals surface area contributed by atoms with E-state index in [0.717, 1.165) is 23.9 Å². The normalized spacial score (nSPS) is 18.2. The van der Waals surface area contributed by atoms with Gasteiger partial charge in [0.2, 0.25) is 23.6 Å². The number of benzene rings is 1. The van der Waals surface area contributed by atoms with Gasteiger partial charge in [0.1, 0.15) is 18.1 Å². The van der Waals surface area contributed by atoms with Gasteiger partial charge in [-0.3, -0.25) is 43.8 Å². The molecular formula is C27H31N7O11S. The molecular weight excluding hydrogens is 630 g/mol. The van der Waals surface area contributed by atoms with E-state index in [1.54, 1.807) is 0 Å². The Morgan fingerprint density at radius 2 is 1.85 bits per heavy atom. The number of carbonyl (C=O) groups is 6. The van der Waals surface area contributed by atoms with Crippen molar-refractivity contribution in [1.82, 2.24) is 26.7 Å². The van der Waals surface area contributed by atoms with Crippen LogP contribution >= 0.6 is 11.8 Å². The lowest BCUT2D eigenvalue weighted by Gasteiger charge is -2.24. The first-order chi connectivity index (χ1) is 21.9. The number of nitrogens with zero attached hydrogens (tertiary/aromatic N) is 1. The van der Waals surface area contributed by atoms with E-state index in [0.29, 0.717) is 12.8 Å². The highest BCUT2D eigenvalue weighted by molar-refractivity contribution is 7.99. The number of unbranched alkanes of at least 4 members (excludes halogenated alkanes) is 1. The molecule has 0 saturated heterocycles. The Balaban J connectivity index is 2.39. The van der Waals surface area contributed by atoms with Crippen LogP contribution in [-0.2, 0) is 33.8 Å². The van der Waals surface area contributed by atoms with Gasteiger partial charge in [-0.1, -0.05) is 4.99 Å².